The SMILES string of the molecule is COCCCNc1ncnc(Nc2cccc([N+](=O)[O-])c2)c1[N+](=O)[O-]. The lowest BCUT2D eigenvalue weighted by molar-refractivity contribution is -0.384. The second-order valence-corrected chi connectivity index (χ2v) is 4.88. The number of hydrogen-bond donors (Lipinski definition) is 2. The molecule has 2 N–H and O–H groups in total. The quantitative estimate of drug-likeness (QED) is 0.396. The third-order valence-corrected chi connectivity index (χ3v) is 3.14. The summed E-state index contributed by atoms with van der Waals surface area (Å²) in [4.78, 5) is 28.8. The minimum atomic E-state index is -0.613. The maximum atomic E-state index is 11.4. The highest BCUT2D eigenvalue weighted by molar-refractivity contribution is 5.74. The zero-order chi connectivity index (χ0) is 18.2. The first kappa shape index (κ1) is 18.0. The molecule has 0 bridgehead atoms. The summed E-state index contributed by atoms with van der Waals surface area (Å²) in [6.07, 6.45) is 1.82. The van der Waals surface area contributed by atoms with Crippen LogP contribution < -0.4 is 10.6 Å². The van der Waals surface area contributed by atoms with E-state index >= 15 is 0 Å². The van der Waals surface area contributed by atoms with Crippen LogP contribution in [-0.2, 0) is 4.74 Å². The Morgan fingerprint density at radius 3 is 2.60 bits per heavy atom. The van der Waals surface area contributed by atoms with Crippen LogP contribution in [0.1, 0.15) is 6.42 Å². The average molecular weight is 348 g/mol. The van der Waals surface area contributed by atoms with Crippen molar-refractivity contribution >= 4 is 28.7 Å². The summed E-state index contributed by atoms with van der Waals surface area (Å²) >= 11 is 0. The molecule has 0 spiro atoms. The Morgan fingerprint density at radius 1 is 1.16 bits per heavy atom. The van der Waals surface area contributed by atoms with E-state index in [1.165, 1.54) is 24.5 Å². The molecule has 0 aliphatic carbocycles. The fraction of sp³-hybridized carbons (Fsp3) is 0.286. The lowest BCUT2D eigenvalue weighted by Gasteiger charge is -2.10. The molecular formula is C14H16N6O5. The summed E-state index contributed by atoms with van der Waals surface area (Å²) in [7, 11) is 1.56. The average Bonchev–Trinajstić information content (AvgIpc) is 2.59. The first-order valence-electron chi connectivity index (χ1n) is 7.26. The molecule has 11 heteroatoms. The van der Waals surface area contributed by atoms with Crippen molar-refractivity contribution in [3.8, 4) is 0 Å². The van der Waals surface area contributed by atoms with Crippen molar-refractivity contribution < 1.29 is 14.6 Å². The van der Waals surface area contributed by atoms with Gasteiger partial charge in [-0.1, -0.05) is 6.07 Å². The number of nitrogens with zero attached hydrogens (tertiary/aromatic N) is 4. The van der Waals surface area contributed by atoms with Crippen LogP contribution >= 0.6 is 0 Å². The molecule has 0 saturated carbocycles. The van der Waals surface area contributed by atoms with E-state index in [9.17, 15) is 20.2 Å². The van der Waals surface area contributed by atoms with Crippen LogP contribution in [-0.4, -0.2) is 40.1 Å². The number of methoxy groups -OCH3 is 1. The van der Waals surface area contributed by atoms with Crippen molar-refractivity contribution in [2.75, 3.05) is 30.9 Å². The van der Waals surface area contributed by atoms with Gasteiger partial charge in [-0.15, -0.1) is 0 Å². The molecule has 0 radical (unpaired) electrons. The molecule has 0 fully saturated rings. The fourth-order valence-electron chi connectivity index (χ4n) is 2.03. The van der Waals surface area contributed by atoms with E-state index in [0.29, 0.717) is 25.3 Å². The van der Waals surface area contributed by atoms with Gasteiger partial charge in [0.25, 0.3) is 5.69 Å². The fourth-order valence-corrected chi connectivity index (χ4v) is 2.03. The first-order valence-corrected chi connectivity index (χ1v) is 7.26. The molecule has 2 aromatic rings. The van der Waals surface area contributed by atoms with Gasteiger partial charge in [-0.3, -0.25) is 20.2 Å². The Morgan fingerprint density at radius 2 is 1.92 bits per heavy atom. The van der Waals surface area contributed by atoms with Crippen molar-refractivity contribution in [1.82, 2.24) is 9.97 Å². The molecule has 0 unspecified atom stereocenters. The topological polar surface area (TPSA) is 145 Å². The van der Waals surface area contributed by atoms with Gasteiger partial charge in [0.2, 0.25) is 11.6 Å². The van der Waals surface area contributed by atoms with Gasteiger partial charge in [0.05, 0.1) is 9.85 Å². The minimum absolute atomic E-state index is 0.0593. The first-order chi connectivity index (χ1) is 12.0. The van der Waals surface area contributed by atoms with E-state index in [1.54, 1.807) is 13.2 Å². The maximum Gasteiger partial charge on any atom is 0.353 e. The van der Waals surface area contributed by atoms with Crippen LogP contribution in [0.3, 0.4) is 0 Å². The molecule has 0 amide bonds. The van der Waals surface area contributed by atoms with Crippen LogP contribution in [0.25, 0.3) is 0 Å². The van der Waals surface area contributed by atoms with Crippen LogP contribution in [0.4, 0.5) is 28.7 Å². The molecule has 1 aromatic carbocycles. The van der Waals surface area contributed by atoms with Crippen molar-refractivity contribution in [2.45, 2.75) is 6.42 Å². The molecule has 0 aliphatic heterocycles. The standard InChI is InChI=1S/C14H16N6O5/c1-25-7-3-6-15-13-12(20(23)24)14(17-9-16-13)18-10-4-2-5-11(8-10)19(21)22/h2,4-5,8-9H,3,6-7H2,1H3,(H2,15,16,17,18). The summed E-state index contributed by atoms with van der Waals surface area (Å²) in [5.74, 6) is -0.00114. The highest BCUT2D eigenvalue weighted by Crippen LogP contribution is 2.31. The molecule has 11 nitrogen and oxygen atoms in total. The summed E-state index contributed by atoms with van der Waals surface area (Å²) < 4.78 is 4.92. The number of rotatable bonds is 9. The summed E-state index contributed by atoms with van der Waals surface area (Å²) in [5.41, 5.74) is -0.174. The van der Waals surface area contributed by atoms with E-state index in [1.807, 2.05) is 0 Å². The van der Waals surface area contributed by atoms with Crippen molar-refractivity contribution in [3.63, 3.8) is 0 Å². The number of benzene rings is 1. The number of nitrogens with one attached hydrogen (secondary N) is 2. The van der Waals surface area contributed by atoms with Crippen molar-refractivity contribution in [2.24, 2.45) is 0 Å². The summed E-state index contributed by atoms with van der Waals surface area (Å²) in [6, 6.07) is 5.60. The molecule has 0 aliphatic rings. The smallest absolute Gasteiger partial charge is 0.353 e. The van der Waals surface area contributed by atoms with Crippen LogP contribution in [0, 0.1) is 20.2 Å². The molecule has 0 atom stereocenters. The normalized spacial score (nSPS) is 10.3. The molecule has 25 heavy (non-hydrogen) atoms. The highest BCUT2D eigenvalue weighted by Gasteiger charge is 2.23. The Hall–Kier alpha value is -3.34. The second-order valence-electron chi connectivity index (χ2n) is 4.88. The Balaban J connectivity index is 2.26. The number of aromatic nitrogens is 2. The predicted molar refractivity (Wildman–Crippen MR) is 90.0 cm³/mol. The lowest BCUT2D eigenvalue weighted by Crippen LogP contribution is -2.10. The second kappa shape index (κ2) is 8.49. The number of ether oxygens (including phenoxy) is 1. The van der Waals surface area contributed by atoms with Gasteiger partial charge in [-0.2, -0.15) is 0 Å². The van der Waals surface area contributed by atoms with Crippen LogP contribution in [0.5, 0.6) is 0 Å². The zero-order valence-electron chi connectivity index (χ0n) is 13.3. The number of non-ortho nitro benzene ring substituents is 1. The minimum Gasteiger partial charge on any atom is -0.385 e. The van der Waals surface area contributed by atoms with E-state index in [0.717, 1.165) is 0 Å². The molecule has 1 heterocycles. The molecule has 1 aromatic heterocycles. The largest absolute Gasteiger partial charge is 0.385 e. The lowest BCUT2D eigenvalue weighted by atomic mass is 10.2. The highest BCUT2D eigenvalue weighted by atomic mass is 16.6. The van der Waals surface area contributed by atoms with Crippen LogP contribution in [0.15, 0.2) is 30.6 Å². The third kappa shape index (κ3) is 4.81. The van der Waals surface area contributed by atoms with Crippen molar-refractivity contribution in [3.05, 3.63) is 50.8 Å². The van der Waals surface area contributed by atoms with Gasteiger partial charge in [-0.05, 0) is 12.5 Å². The van der Waals surface area contributed by atoms with E-state index in [2.05, 4.69) is 20.6 Å². The van der Waals surface area contributed by atoms with Crippen molar-refractivity contribution in [1.29, 1.82) is 0 Å². The van der Waals surface area contributed by atoms with E-state index in [4.69, 9.17) is 4.74 Å². The molecule has 132 valence electrons. The van der Waals surface area contributed by atoms with E-state index in [-0.39, 0.29) is 23.0 Å². The molecular weight excluding hydrogens is 332 g/mol. The number of anilines is 3. The summed E-state index contributed by atoms with van der Waals surface area (Å²) in [5, 5.41) is 27.8. The predicted octanol–water partition coefficient (Wildman–Crippen LogP) is 2.49. The van der Waals surface area contributed by atoms with Gasteiger partial charge >= 0.3 is 5.69 Å². The van der Waals surface area contributed by atoms with Crippen LogP contribution in [0.2, 0.25) is 0 Å². The van der Waals surface area contributed by atoms with E-state index < -0.39 is 9.85 Å². The Bertz CT molecular complexity index is 769. The number of nitro groups is 2. The summed E-state index contributed by atoms with van der Waals surface area (Å²) in [6.45, 7) is 0.937. The Labute approximate surface area is 142 Å². The monoisotopic (exact) mass is 348 g/mol. The van der Waals surface area contributed by atoms with Gasteiger partial charge in [0, 0.05) is 38.1 Å². The Kier molecular flexibility index (Phi) is 6.12. The van der Waals surface area contributed by atoms with Gasteiger partial charge < -0.3 is 15.4 Å². The number of hydrogen-bond acceptors (Lipinski definition) is 9. The number of nitro benzene ring substituents is 1. The molecule has 2 rings (SSSR count). The molecule has 0 saturated heterocycles. The zero-order valence-corrected chi connectivity index (χ0v) is 13.3. The van der Waals surface area contributed by atoms with Gasteiger partial charge in [0.1, 0.15) is 6.33 Å². The van der Waals surface area contributed by atoms with Gasteiger partial charge in [-0.25, -0.2) is 9.97 Å². The van der Waals surface area contributed by atoms with Gasteiger partial charge in [0.15, 0.2) is 0 Å². The third-order valence-electron chi connectivity index (χ3n) is 3.14. The maximum absolute atomic E-state index is 11.4.